The summed E-state index contributed by atoms with van der Waals surface area (Å²) in [6, 6.07) is 6.77. The van der Waals surface area contributed by atoms with Gasteiger partial charge in [0, 0.05) is 18.1 Å². The molecular formula is C13H18ClNO4. The van der Waals surface area contributed by atoms with Crippen molar-refractivity contribution in [2.45, 2.75) is 13.0 Å². The van der Waals surface area contributed by atoms with Crippen LogP contribution in [0, 0.1) is 0 Å². The van der Waals surface area contributed by atoms with Crippen LogP contribution in [0.2, 0.25) is 5.02 Å². The standard InChI is InChI=1S/C13H18ClNO4/c1-10(13(18)15(5-7-16)6-8-17)19-12-4-2-3-11(14)9-12/h2-4,9-10,16-17H,5-8H2,1H3. The van der Waals surface area contributed by atoms with E-state index in [2.05, 4.69) is 0 Å². The van der Waals surface area contributed by atoms with Crippen LogP contribution in [0.15, 0.2) is 24.3 Å². The summed E-state index contributed by atoms with van der Waals surface area (Å²) in [5.74, 6) is 0.212. The van der Waals surface area contributed by atoms with Gasteiger partial charge in [-0.1, -0.05) is 17.7 Å². The van der Waals surface area contributed by atoms with E-state index in [0.717, 1.165) is 0 Å². The van der Waals surface area contributed by atoms with Gasteiger partial charge in [-0.25, -0.2) is 0 Å². The molecular weight excluding hydrogens is 270 g/mol. The number of hydrogen-bond donors (Lipinski definition) is 2. The molecule has 0 aromatic heterocycles. The number of aliphatic hydroxyl groups excluding tert-OH is 2. The second-order valence-electron chi connectivity index (χ2n) is 3.99. The first-order chi connectivity index (χ1) is 9.08. The van der Waals surface area contributed by atoms with Crippen LogP contribution in [-0.2, 0) is 4.79 Å². The zero-order valence-corrected chi connectivity index (χ0v) is 11.5. The number of ether oxygens (including phenoxy) is 1. The fraction of sp³-hybridized carbons (Fsp3) is 0.462. The third kappa shape index (κ3) is 5.06. The number of rotatable bonds is 7. The Morgan fingerprint density at radius 1 is 1.37 bits per heavy atom. The lowest BCUT2D eigenvalue weighted by Crippen LogP contribution is -2.43. The average Bonchev–Trinajstić information content (AvgIpc) is 2.37. The number of amides is 1. The molecule has 1 amide bonds. The van der Waals surface area contributed by atoms with Crippen molar-refractivity contribution in [2.24, 2.45) is 0 Å². The predicted octanol–water partition coefficient (Wildman–Crippen LogP) is 0.920. The van der Waals surface area contributed by atoms with E-state index in [-0.39, 0.29) is 32.2 Å². The average molecular weight is 288 g/mol. The highest BCUT2D eigenvalue weighted by molar-refractivity contribution is 6.30. The van der Waals surface area contributed by atoms with Crippen LogP contribution < -0.4 is 4.74 Å². The highest BCUT2D eigenvalue weighted by Crippen LogP contribution is 2.18. The summed E-state index contributed by atoms with van der Waals surface area (Å²) in [6.45, 7) is 1.64. The molecule has 0 saturated heterocycles. The summed E-state index contributed by atoms with van der Waals surface area (Å²) in [6.07, 6.45) is -0.712. The van der Waals surface area contributed by atoms with Gasteiger partial charge in [-0.3, -0.25) is 4.79 Å². The molecule has 0 aliphatic carbocycles. The molecule has 0 aliphatic heterocycles. The van der Waals surface area contributed by atoms with Gasteiger partial charge in [-0.15, -0.1) is 0 Å². The van der Waals surface area contributed by atoms with E-state index in [9.17, 15) is 4.79 Å². The normalized spacial score (nSPS) is 12.0. The lowest BCUT2D eigenvalue weighted by atomic mass is 10.3. The minimum atomic E-state index is -0.712. The summed E-state index contributed by atoms with van der Waals surface area (Å²) in [5, 5.41) is 18.3. The van der Waals surface area contributed by atoms with E-state index < -0.39 is 6.10 Å². The van der Waals surface area contributed by atoms with Crippen molar-refractivity contribution in [3.63, 3.8) is 0 Å². The topological polar surface area (TPSA) is 70.0 Å². The fourth-order valence-corrected chi connectivity index (χ4v) is 1.81. The van der Waals surface area contributed by atoms with E-state index in [1.54, 1.807) is 31.2 Å². The van der Waals surface area contributed by atoms with Crippen molar-refractivity contribution in [1.29, 1.82) is 0 Å². The number of benzene rings is 1. The van der Waals surface area contributed by atoms with Crippen LogP contribution in [-0.4, -0.2) is 53.4 Å². The van der Waals surface area contributed by atoms with E-state index in [1.165, 1.54) is 4.90 Å². The predicted molar refractivity (Wildman–Crippen MR) is 72.3 cm³/mol. The third-order valence-corrected chi connectivity index (χ3v) is 2.74. The van der Waals surface area contributed by atoms with Crippen LogP contribution in [0.5, 0.6) is 5.75 Å². The van der Waals surface area contributed by atoms with Gasteiger partial charge in [0.2, 0.25) is 0 Å². The quantitative estimate of drug-likeness (QED) is 0.782. The van der Waals surface area contributed by atoms with Crippen molar-refractivity contribution < 1.29 is 19.7 Å². The first-order valence-corrected chi connectivity index (χ1v) is 6.39. The summed E-state index contributed by atoms with van der Waals surface area (Å²) in [7, 11) is 0. The first kappa shape index (κ1) is 15.8. The number of aliphatic hydroxyl groups is 2. The van der Waals surface area contributed by atoms with Gasteiger partial charge in [0.15, 0.2) is 6.10 Å². The first-order valence-electron chi connectivity index (χ1n) is 6.01. The van der Waals surface area contributed by atoms with Crippen molar-refractivity contribution in [1.82, 2.24) is 4.90 Å². The molecule has 1 aromatic rings. The summed E-state index contributed by atoms with van der Waals surface area (Å²) in [5.41, 5.74) is 0. The van der Waals surface area contributed by atoms with Crippen molar-refractivity contribution >= 4 is 17.5 Å². The van der Waals surface area contributed by atoms with Crippen molar-refractivity contribution in [3.05, 3.63) is 29.3 Å². The molecule has 0 heterocycles. The van der Waals surface area contributed by atoms with Gasteiger partial charge in [0.25, 0.3) is 5.91 Å². The molecule has 0 fully saturated rings. The number of halogens is 1. The van der Waals surface area contributed by atoms with Crippen LogP contribution in [0.1, 0.15) is 6.92 Å². The molecule has 5 nitrogen and oxygen atoms in total. The highest BCUT2D eigenvalue weighted by Gasteiger charge is 2.21. The maximum atomic E-state index is 12.1. The molecule has 0 bridgehead atoms. The maximum Gasteiger partial charge on any atom is 0.263 e. The Morgan fingerprint density at radius 2 is 2.00 bits per heavy atom. The fourth-order valence-electron chi connectivity index (χ4n) is 1.63. The summed E-state index contributed by atoms with van der Waals surface area (Å²) in [4.78, 5) is 13.4. The Labute approximate surface area is 117 Å². The van der Waals surface area contributed by atoms with Gasteiger partial charge in [-0.2, -0.15) is 0 Å². The molecule has 0 spiro atoms. The van der Waals surface area contributed by atoms with E-state index in [4.69, 9.17) is 26.6 Å². The molecule has 19 heavy (non-hydrogen) atoms. The SMILES string of the molecule is CC(Oc1cccc(Cl)c1)C(=O)N(CCO)CCO. The lowest BCUT2D eigenvalue weighted by molar-refractivity contribution is -0.139. The minimum Gasteiger partial charge on any atom is -0.481 e. The molecule has 1 aromatic carbocycles. The van der Waals surface area contributed by atoms with Crippen LogP contribution in [0.4, 0.5) is 0 Å². The van der Waals surface area contributed by atoms with Gasteiger partial charge in [0.05, 0.1) is 13.2 Å². The maximum absolute atomic E-state index is 12.1. The molecule has 2 N–H and O–H groups in total. The van der Waals surface area contributed by atoms with Crippen molar-refractivity contribution in [3.8, 4) is 5.75 Å². The Bertz CT molecular complexity index is 407. The highest BCUT2D eigenvalue weighted by atomic mass is 35.5. The lowest BCUT2D eigenvalue weighted by Gasteiger charge is -2.24. The smallest absolute Gasteiger partial charge is 0.263 e. The number of nitrogens with zero attached hydrogens (tertiary/aromatic N) is 1. The molecule has 0 radical (unpaired) electrons. The molecule has 106 valence electrons. The van der Waals surface area contributed by atoms with E-state index >= 15 is 0 Å². The molecule has 6 heteroatoms. The summed E-state index contributed by atoms with van der Waals surface area (Å²) >= 11 is 5.83. The Kier molecular flexibility index (Phi) is 6.62. The zero-order valence-electron chi connectivity index (χ0n) is 10.8. The number of carbonyl (C=O) groups is 1. The number of hydrogen-bond acceptors (Lipinski definition) is 4. The van der Waals surface area contributed by atoms with E-state index in [1.807, 2.05) is 0 Å². The van der Waals surface area contributed by atoms with E-state index in [0.29, 0.717) is 10.8 Å². The van der Waals surface area contributed by atoms with Gasteiger partial charge < -0.3 is 19.8 Å². The summed E-state index contributed by atoms with van der Waals surface area (Å²) < 4.78 is 5.49. The Morgan fingerprint density at radius 3 is 2.53 bits per heavy atom. The van der Waals surface area contributed by atoms with Crippen molar-refractivity contribution in [2.75, 3.05) is 26.3 Å². The molecule has 0 aliphatic rings. The minimum absolute atomic E-state index is 0.157. The number of carbonyl (C=O) groups excluding carboxylic acids is 1. The molecule has 1 rings (SSSR count). The van der Waals surface area contributed by atoms with Gasteiger partial charge >= 0.3 is 0 Å². The monoisotopic (exact) mass is 287 g/mol. The second-order valence-corrected chi connectivity index (χ2v) is 4.43. The Hall–Kier alpha value is -1.30. The second kappa shape index (κ2) is 7.99. The van der Waals surface area contributed by atoms with Crippen LogP contribution in [0.25, 0.3) is 0 Å². The van der Waals surface area contributed by atoms with Crippen LogP contribution >= 0.6 is 11.6 Å². The van der Waals surface area contributed by atoms with Gasteiger partial charge in [-0.05, 0) is 25.1 Å². The third-order valence-electron chi connectivity index (χ3n) is 2.51. The Balaban J connectivity index is 2.65. The molecule has 1 atom stereocenters. The molecule has 1 unspecified atom stereocenters. The zero-order chi connectivity index (χ0) is 14.3. The van der Waals surface area contributed by atoms with Crippen LogP contribution in [0.3, 0.4) is 0 Å². The molecule has 0 saturated carbocycles. The van der Waals surface area contributed by atoms with Gasteiger partial charge in [0.1, 0.15) is 5.75 Å². The largest absolute Gasteiger partial charge is 0.481 e.